The van der Waals surface area contributed by atoms with Crippen LogP contribution in [-0.2, 0) is 10.0 Å². The van der Waals surface area contributed by atoms with E-state index in [9.17, 15) is 8.42 Å². The van der Waals surface area contributed by atoms with Crippen LogP contribution >= 0.6 is 11.3 Å². The van der Waals surface area contributed by atoms with Gasteiger partial charge in [-0.05, 0) is 23.6 Å². The van der Waals surface area contributed by atoms with Crippen LogP contribution in [0.3, 0.4) is 0 Å². The van der Waals surface area contributed by atoms with Gasteiger partial charge < -0.3 is 15.0 Å². The van der Waals surface area contributed by atoms with Gasteiger partial charge in [0.15, 0.2) is 5.96 Å². The Balaban J connectivity index is 1.44. The second-order valence-corrected chi connectivity index (χ2v) is 10.1. The second kappa shape index (κ2) is 10.1. The minimum absolute atomic E-state index is 0.203. The fraction of sp³-hybridized carbons (Fsp3) is 0.450. The molecule has 1 saturated heterocycles. The largest absolute Gasteiger partial charge is 0.490 e. The van der Waals surface area contributed by atoms with Crippen LogP contribution in [0.1, 0.15) is 12.8 Å². The summed E-state index contributed by atoms with van der Waals surface area (Å²) in [6.07, 6.45) is 2.04. The standard InChI is InChI=1S/C20H28N4O3S2/c1-21-20(22-12-15-23(2)29(25,26)19-9-6-16-28-19)24-13-10-18(11-14-24)27-17-7-4-3-5-8-17/h3-9,16,18H,10-15H2,1-2H3,(H,21,22). The summed E-state index contributed by atoms with van der Waals surface area (Å²) in [6, 6.07) is 13.3. The number of nitrogens with zero attached hydrogens (tertiary/aromatic N) is 3. The maximum Gasteiger partial charge on any atom is 0.252 e. The number of ether oxygens (including phenoxy) is 1. The number of thiophene rings is 1. The highest BCUT2D eigenvalue weighted by Crippen LogP contribution is 2.20. The van der Waals surface area contributed by atoms with Crippen LogP contribution in [-0.4, -0.2) is 70.0 Å². The number of piperidine rings is 1. The van der Waals surface area contributed by atoms with Crippen molar-refractivity contribution in [3.63, 3.8) is 0 Å². The van der Waals surface area contributed by atoms with Crippen molar-refractivity contribution in [1.82, 2.24) is 14.5 Å². The Morgan fingerprint density at radius 1 is 1.24 bits per heavy atom. The first kappa shape index (κ1) is 21.6. The van der Waals surface area contributed by atoms with Crippen molar-refractivity contribution in [1.29, 1.82) is 0 Å². The molecule has 0 bridgehead atoms. The molecule has 0 unspecified atom stereocenters. The minimum Gasteiger partial charge on any atom is -0.490 e. The Morgan fingerprint density at radius 2 is 1.97 bits per heavy atom. The molecule has 0 radical (unpaired) electrons. The molecule has 0 amide bonds. The topological polar surface area (TPSA) is 74.2 Å². The molecular weight excluding hydrogens is 408 g/mol. The van der Waals surface area contributed by atoms with Gasteiger partial charge in [-0.1, -0.05) is 24.3 Å². The van der Waals surface area contributed by atoms with Gasteiger partial charge in [-0.3, -0.25) is 4.99 Å². The second-order valence-electron chi connectivity index (χ2n) is 6.85. The third-order valence-corrected chi connectivity index (χ3v) is 8.10. The summed E-state index contributed by atoms with van der Waals surface area (Å²) in [6.45, 7) is 2.56. The molecule has 1 aromatic heterocycles. The fourth-order valence-corrected chi connectivity index (χ4v) is 5.59. The molecule has 7 nitrogen and oxygen atoms in total. The van der Waals surface area contributed by atoms with Gasteiger partial charge in [0.2, 0.25) is 0 Å². The van der Waals surface area contributed by atoms with E-state index >= 15 is 0 Å². The molecule has 1 fully saturated rings. The molecule has 3 rings (SSSR count). The summed E-state index contributed by atoms with van der Waals surface area (Å²) < 4.78 is 32.7. The van der Waals surface area contributed by atoms with Crippen molar-refractivity contribution in [3.8, 4) is 5.75 Å². The van der Waals surface area contributed by atoms with Crippen LogP contribution in [0.4, 0.5) is 0 Å². The predicted molar refractivity (Wildman–Crippen MR) is 117 cm³/mol. The zero-order valence-electron chi connectivity index (χ0n) is 16.8. The number of hydrogen-bond donors (Lipinski definition) is 1. The SMILES string of the molecule is CN=C(NCCN(C)S(=O)(=O)c1cccs1)N1CCC(Oc2ccccc2)CC1. The van der Waals surface area contributed by atoms with Gasteiger partial charge in [0.05, 0.1) is 0 Å². The van der Waals surface area contributed by atoms with Crippen molar-refractivity contribution in [2.24, 2.45) is 4.99 Å². The lowest BCUT2D eigenvalue weighted by Crippen LogP contribution is -2.49. The first-order valence-electron chi connectivity index (χ1n) is 9.68. The molecular formula is C20H28N4O3S2. The number of benzene rings is 1. The van der Waals surface area contributed by atoms with E-state index in [0.29, 0.717) is 17.3 Å². The van der Waals surface area contributed by atoms with E-state index in [4.69, 9.17) is 4.74 Å². The number of aliphatic imine (C=N–C) groups is 1. The van der Waals surface area contributed by atoms with Crippen LogP contribution < -0.4 is 10.1 Å². The zero-order chi connectivity index (χ0) is 20.7. The lowest BCUT2D eigenvalue weighted by atomic mass is 10.1. The van der Waals surface area contributed by atoms with Crippen LogP contribution in [0.2, 0.25) is 0 Å². The minimum atomic E-state index is -3.42. The molecule has 29 heavy (non-hydrogen) atoms. The van der Waals surface area contributed by atoms with E-state index in [-0.39, 0.29) is 6.10 Å². The molecule has 0 spiro atoms. The zero-order valence-corrected chi connectivity index (χ0v) is 18.5. The Labute approximate surface area is 177 Å². The first-order valence-corrected chi connectivity index (χ1v) is 12.0. The lowest BCUT2D eigenvalue weighted by Gasteiger charge is -2.34. The monoisotopic (exact) mass is 436 g/mol. The van der Waals surface area contributed by atoms with E-state index in [2.05, 4.69) is 15.2 Å². The Morgan fingerprint density at radius 3 is 2.59 bits per heavy atom. The van der Waals surface area contributed by atoms with Gasteiger partial charge in [-0.25, -0.2) is 8.42 Å². The molecule has 0 saturated carbocycles. The summed E-state index contributed by atoms with van der Waals surface area (Å²) in [5, 5.41) is 5.05. The summed E-state index contributed by atoms with van der Waals surface area (Å²) in [4.78, 5) is 6.55. The maximum absolute atomic E-state index is 12.5. The highest BCUT2D eigenvalue weighted by Gasteiger charge is 2.24. The van der Waals surface area contributed by atoms with E-state index in [0.717, 1.165) is 37.6 Å². The van der Waals surface area contributed by atoms with E-state index in [1.807, 2.05) is 30.3 Å². The summed E-state index contributed by atoms with van der Waals surface area (Å²) >= 11 is 1.23. The number of likely N-dealkylation sites (tertiary alicyclic amines) is 1. The summed E-state index contributed by atoms with van der Waals surface area (Å²) in [5.74, 6) is 1.70. The number of likely N-dealkylation sites (N-methyl/N-ethyl adjacent to an activating group) is 1. The number of sulfonamides is 1. The van der Waals surface area contributed by atoms with Crippen LogP contribution in [0, 0.1) is 0 Å². The number of nitrogens with one attached hydrogen (secondary N) is 1. The van der Waals surface area contributed by atoms with Crippen molar-refractivity contribution in [2.45, 2.75) is 23.2 Å². The molecule has 9 heteroatoms. The van der Waals surface area contributed by atoms with Gasteiger partial charge in [0, 0.05) is 53.1 Å². The summed E-state index contributed by atoms with van der Waals surface area (Å²) in [7, 11) is -0.0663. The molecule has 1 aromatic carbocycles. The Hall–Kier alpha value is -2.10. The van der Waals surface area contributed by atoms with Crippen molar-refractivity contribution >= 4 is 27.3 Å². The van der Waals surface area contributed by atoms with E-state index in [1.54, 1.807) is 31.6 Å². The lowest BCUT2D eigenvalue weighted by molar-refractivity contribution is 0.129. The Kier molecular flexibility index (Phi) is 7.51. The number of para-hydroxylation sites is 1. The van der Waals surface area contributed by atoms with Crippen LogP contribution in [0.25, 0.3) is 0 Å². The molecule has 1 N–H and O–H groups in total. The molecule has 158 valence electrons. The fourth-order valence-electron chi connectivity index (χ4n) is 3.22. The van der Waals surface area contributed by atoms with E-state index < -0.39 is 10.0 Å². The molecule has 2 aromatic rings. The third-order valence-electron chi connectivity index (χ3n) is 4.87. The maximum atomic E-state index is 12.5. The van der Waals surface area contributed by atoms with E-state index in [1.165, 1.54) is 15.6 Å². The van der Waals surface area contributed by atoms with Gasteiger partial charge in [0.1, 0.15) is 16.1 Å². The average Bonchev–Trinajstić information content (AvgIpc) is 3.28. The van der Waals surface area contributed by atoms with Crippen molar-refractivity contribution in [2.75, 3.05) is 40.3 Å². The normalized spacial score (nSPS) is 16.2. The van der Waals surface area contributed by atoms with Crippen molar-refractivity contribution in [3.05, 3.63) is 47.8 Å². The van der Waals surface area contributed by atoms with Gasteiger partial charge in [0.25, 0.3) is 10.0 Å². The first-order chi connectivity index (χ1) is 14.0. The molecule has 2 heterocycles. The number of rotatable bonds is 7. The average molecular weight is 437 g/mol. The van der Waals surface area contributed by atoms with Crippen molar-refractivity contribution < 1.29 is 13.2 Å². The quantitative estimate of drug-likeness (QED) is 0.533. The molecule has 0 atom stereocenters. The van der Waals surface area contributed by atoms with Gasteiger partial charge >= 0.3 is 0 Å². The molecule has 1 aliphatic heterocycles. The third kappa shape index (κ3) is 5.71. The number of guanidine groups is 1. The summed E-state index contributed by atoms with van der Waals surface area (Å²) in [5.41, 5.74) is 0. The molecule has 0 aliphatic carbocycles. The molecule has 1 aliphatic rings. The smallest absolute Gasteiger partial charge is 0.252 e. The number of hydrogen-bond acceptors (Lipinski definition) is 5. The Bertz CT molecular complexity index is 878. The van der Waals surface area contributed by atoms with Gasteiger partial charge in [-0.15, -0.1) is 11.3 Å². The highest BCUT2D eigenvalue weighted by atomic mass is 32.2. The highest BCUT2D eigenvalue weighted by molar-refractivity contribution is 7.91. The predicted octanol–water partition coefficient (Wildman–Crippen LogP) is 2.49. The van der Waals surface area contributed by atoms with Crippen LogP contribution in [0.5, 0.6) is 5.75 Å². The van der Waals surface area contributed by atoms with Crippen LogP contribution in [0.15, 0.2) is 57.0 Å². The van der Waals surface area contributed by atoms with Gasteiger partial charge in [-0.2, -0.15) is 4.31 Å².